The van der Waals surface area contributed by atoms with E-state index >= 15 is 0 Å². The van der Waals surface area contributed by atoms with Crippen LogP contribution in [0.3, 0.4) is 0 Å². The number of aliphatic imine (C=N–C) groups is 1. The molecule has 0 amide bonds. The van der Waals surface area contributed by atoms with Gasteiger partial charge in [-0.1, -0.05) is 47.6 Å². The van der Waals surface area contributed by atoms with Crippen LogP contribution in [0, 0.1) is 5.41 Å². The van der Waals surface area contributed by atoms with Crippen LogP contribution >= 0.6 is 0 Å². The first-order valence-electron chi connectivity index (χ1n) is 7.12. The summed E-state index contributed by atoms with van der Waals surface area (Å²) in [6.07, 6.45) is 8.36. The van der Waals surface area contributed by atoms with Crippen molar-refractivity contribution < 1.29 is 0 Å². The third kappa shape index (κ3) is 7.52. The van der Waals surface area contributed by atoms with E-state index in [1.807, 2.05) is 34.2 Å². The molecule has 0 rings (SSSR count). The molecule has 0 saturated carbocycles. The van der Waals surface area contributed by atoms with Crippen LogP contribution in [-0.2, 0) is 0 Å². The Morgan fingerprint density at radius 2 is 1.61 bits per heavy atom. The van der Waals surface area contributed by atoms with Crippen LogP contribution in [0.5, 0.6) is 0 Å². The molecule has 2 heteroatoms. The Kier molecular flexibility index (Phi) is 9.97. The molecule has 1 atom stereocenters. The van der Waals surface area contributed by atoms with Crippen molar-refractivity contribution in [1.82, 2.24) is 4.90 Å². The van der Waals surface area contributed by atoms with E-state index in [-0.39, 0.29) is 5.54 Å². The van der Waals surface area contributed by atoms with Crippen LogP contribution in [0.2, 0.25) is 0 Å². The molecule has 0 heterocycles. The Morgan fingerprint density at radius 3 is 1.89 bits per heavy atom. The molecule has 0 N–H and O–H groups in total. The number of rotatable bonds is 5. The summed E-state index contributed by atoms with van der Waals surface area (Å²) >= 11 is 0. The summed E-state index contributed by atoms with van der Waals surface area (Å²) in [5, 5.41) is 0. The Labute approximate surface area is 115 Å². The average Bonchev–Trinajstić information content (AvgIpc) is 2.29. The zero-order valence-corrected chi connectivity index (χ0v) is 14.0. The fourth-order valence-corrected chi connectivity index (χ4v) is 2.18. The van der Waals surface area contributed by atoms with E-state index in [0.29, 0.717) is 5.41 Å². The van der Waals surface area contributed by atoms with E-state index in [1.54, 1.807) is 0 Å². The first kappa shape index (κ1) is 19.5. The van der Waals surface area contributed by atoms with Gasteiger partial charge in [-0.05, 0) is 32.1 Å². The molecule has 0 aromatic carbocycles. The predicted octanol–water partition coefficient (Wildman–Crippen LogP) is 5.11. The van der Waals surface area contributed by atoms with Gasteiger partial charge in [0.15, 0.2) is 0 Å². The minimum atomic E-state index is 0.143. The molecule has 18 heavy (non-hydrogen) atoms. The summed E-state index contributed by atoms with van der Waals surface area (Å²) in [6.45, 7) is 17.5. The molecule has 0 aromatic heterocycles. The highest BCUT2D eigenvalue weighted by Gasteiger charge is 2.32. The van der Waals surface area contributed by atoms with Crippen molar-refractivity contribution >= 4 is 6.34 Å². The number of nitrogens with zero attached hydrogens (tertiary/aromatic N) is 2. The summed E-state index contributed by atoms with van der Waals surface area (Å²) in [7, 11) is 1.82. The summed E-state index contributed by atoms with van der Waals surface area (Å²) in [4.78, 5) is 6.38. The van der Waals surface area contributed by atoms with Gasteiger partial charge in [0.25, 0.3) is 0 Å². The van der Waals surface area contributed by atoms with E-state index in [9.17, 15) is 0 Å². The summed E-state index contributed by atoms with van der Waals surface area (Å²) in [5.41, 5.74) is 0.469. The third-order valence-electron chi connectivity index (χ3n) is 2.85. The molecule has 2 nitrogen and oxygen atoms in total. The number of hydrogen-bond donors (Lipinski definition) is 0. The van der Waals surface area contributed by atoms with Crippen molar-refractivity contribution in [3.8, 4) is 0 Å². The normalized spacial score (nSPS) is 15.4. The lowest BCUT2D eigenvalue weighted by atomic mass is 9.78. The SMILES string of the molecule is C/C=C\N(C=NC)C(C)(CC)CC(C)(C)C.CC. The molecule has 0 aliphatic rings. The maximum Gasteiger partial charge on any atom is 0.0891 e. The second kappa shape index (κ2) is 9.18. The zero-order valence-electron chi connectivity index (χ0n) is 14.0. The molecule has 0 spiro atoms. The minimum absolute atomic E-state index is 0.143. The van der Waals surface area contributed by atoms with Gasteiger partial charge in [-0.25, -0.2) is 0 Å². The van der Waals surface area contributed by atoms with Gasteiger partial charge in [0.1, 0.15) is 0 Å². The molecular weight excluding hydrogens is 220 g/mol. The molecule has 0 bridgehead atoms. The van der Waals surface area contributed by atoms with Gasteiger partial charge in [-0.3, -0.25) is 4.99 Å². The first-order valence-corrected chi connectivity index (χ1v) is 7.12. The average molecular weight is 254 g/mol. The van der Waals surface area contributed by atoms with Gasteiger partial charge in [0.05, 0.1) is 6.34 Å². The number of allylic oxidation sites excluding steroid dienone is 1. The lowest BCUT2D eigenvalue weighted by Gasteiger charge is -2.41. The molecule has 0 aliphatic carbocycles. The Bertz CT molecular complexity index is 236. The molecule has 1 unspecified atom stereocenters. The minimum Gasteiger partial charge on any atom is -0.334 e. The van der Waals surface area contributed by atoms with Crippen molar-refractivity contribution in [2.24, 2.45) is 10.4 Å². The predicted molar refractivity (Wildman–Crippen MR) is 85.2 cm³/mol. The molecule has 0 saturated heterocycles. The summed E-state index contributed by atoms with van der Waals surface area (Å²) in [6, 6.07) is 0. The largest absolute Gasteiger partial charge is 0.334 e. The van der Waals surface area contributed by atoms with E-state index in [1.165, 1.54) is 0 Å². The lowest BCUT2D eigenvalue weighted by molar-refractivity contribution is 0.162. The van der Waals surface area contributed by atoms with E-state index in [4.69, 9.17) is 0 Å². The summed E-state index contributed by atoms with van der Waals surface area (Å²) < 4.78 is 0. The second-order valence-electron chi connectivity index (χ2n) is 5.85. The zero-order chi connectivity index (χ0) is 14.8. The highest BCUT2D eigenvalue weighted by atomic mass is 15.2. The Morgan fingerprint density at radius 1 is 1.11 bits per heavy atom. The fourth-order valence-electron chi connectivity index (χ4n) is 2.18. The van der Waals surface area contributed by atoms with Gasteiger partial charge in [-0.15, -0.1) is 0 Å². The molecule has 0 fully saturated rings. The van der Waals surface area contributed by atoms with Crippen LogP contribution in [-0.4, -0.2) is 23.8 Å². The van der Waals surface area contributed by atoms with E-state index in [0.717, 1.165) is 12.8 Å². The van der Waals surface area contributed by atoms with Crippen LogP contribution in [0.15, 0.2) is 17.3 Å². The highest BCUT2D eigenvalue weighted by Crippen LogP contribution is 2.33. The molecule has 108 valence electrons. The van der Waals surface area contributed by atoms with Crippen molar-refractivity contribution in [3.63, 3.8) is 0 Å². The first-order chi connectivity index (χ1) is 8.29. The molecule has 0 aliphatic heterocycles. The van der Waals surface area contributed by atoms with Crippen molar-refractivity contribution in [2.75, 3.05) is 7.05 Å². The van der Waals surface area contributed by atoms with Gasteiger partial charge in [0.2, 0.25) is 0 Å². The third-order valence-corrected chi connectivity index (χ3v) is 2.85. The highest BCUT2D eigenvalue weighted by molar-refractivity contribution is 5.57. The second-order valence-corrected chi connectivity index (χ2v) is 5.85. The molecule has 0 radical (unpaired) electrons. The maximum absolute atomic E-state index is 4.15. The monoisotopic (exact) mass is 254 g/mol. The summed E-state index contributed by atoms with van der Waals surface area (Å²) in [5.74, 6) is 0. The fraction of sp³-hybridized carbons (Fsp3) is 0.812. The van der Waals surface area contributed by atoms with Gasteiger partial charge in [0, 0.05) is 18.8 Å². The van der Waals surface area contributed by atoms with E-state index in [2.05, 4.69) is 56.8 Å². The smallest absolute Gasteiger partial charge is 0.0891 e. The quantitative estimate of drug-likeness (QED) is 0.491. The van der Waals surface area contributed by atoms with Crippen LogP contribution in [0.4, 0.5) is 0 Å². The van der Waals surface area contributed by atoms with Gasteiger partial charge in [-0.2, -0.15) is 0 Å². The Balaban J connectivity index is 0. The van der Waals surface area contributed by atoms with Gasteiger partial charge >= 0.3 is 0 Å². The number of hydrogen-bond acceptors (Lipinski definition) is 1. The van der Waals surface area contributed by atoms with Crippen molar-refractivity contribution in [3.05, 3.63) is 12.3 Å². The van der Waals surface area contributed by atoms with Crippen LogP contribution in [0.1, 0.15) is 68.2 Å². The topological polar surface area (TPSA) is 15.6 Å². The van der Waals surface area contributed by atoms with Crippen LogP contribution in [0.25, 0.3) is 0 Å². The van der Waals surface area contributed by atoms with Crippen molar-refractivity contribution in [2.45, 2.75) is 73.8 Å². The molecule has 0 aromatic rings. The van der Waals surface area contributed by atoms with Crippen LogP contribution < -0.4 is 0 Å². The molecular formula is C16H34N2. The maximum atomic E-state index is 4.15. The standard InChI is InChI=1S/C14H28N2.C2H6/c1-8-10-16(12-15-7)14(6,9-2)11-13(3,4)5;1-2/h8,10,12H,9,11H2,1-7H3;1-2H3/b10-8-,15-12?;. The lowest BCUT2D eigenvalue weighted by Crippen LogP contribution is -2.44. The van der Waals surface area contributed by atoms with Crippen molar-refractivity contribution in [1.29, 1.82) is 0 Å². The Hall–Kier alpha value is -0.790. The van der Waals surface area contributed by atoms with Gasteiger partial charge < -0.3 is 4.90 Å². The van der Waals surface area contributed by atoms with E-state index < -0.39 is 0 Å².